The Balaban J connectivity index is 1.67. The van der Waals surface area contributed by atoms with E-state index in [0.717, 1.165) is 31.1 Å². The van der Waals surface area contributed by atoms with Gasteiger partial charge in [0.25, 0.3) is 5.91 Å². The zero-order valence-corrected chi connectivity index (χ0v) is 14.0. The highest BCUT2D eigenvalue weighted by Crippen LogP contribution is 2.38. The maximum atomic E-state index is 13.0. The first kappa shape index (κ1) is 14.5. The molecule has 2 fully saturated rings. The van der Waals surface area contributed by atoms with E-state index in [1.165, 1.54) is 0 Å². The molecule has 0 saturated carbocycles. The molecule has 7 heteroatoms. The number of benzene rings is 1. The number of hydrogen-bond acceptors (Lipinski definition) is 5. The molecule has 7 nitrogen and oxygen atoms in total. The Morgan fingerprint density at radius 3 is 2.60 bits per heavy atom. The molecule has 2 N–H and O–H groups in total. The number of anilines is 1. The largest absolute Gasteiger partial charge is 0.494 e. The molecule has 2 aromatic heterocycles. The van der Waals surface area contributed by atoms with Crippen LogP contribution in [0.5, 0.6) is 5.75 Å². The first-order valence-corrected chi connectivity index (χ1v) is 8.61. The summed E-state index contributed by atoms with van der Waals surface area (Å²) in [6, 6.07) is 6.38. The molecule has 25 heavy (non-hydrogen) atoms. The van der Waals surface area contributed by atoms with Crippen molar-refractivity contribution in [2.75, 3.05) is 12.8 Å². The molecule has 0 unspecified atom stereocenters. The van der Waals surface area contributed by atoms with Crippen molar-refractivity contribution in [3.63, 3.8) is 0 Å². The first-order chi connectivity index (χ1) is 12.2. The van der Waals surface area contributed by atoms with Crippen molar-refractivity contribution in [2.45, 2.75) is 37.8 Å². The molecule has 128 valence electrons. The van der Waals surface area contributed by atoms with Crippen LogP contribution in [0.15, 0.2) is 24.4 Å². The summed E-state index contributed by atoms with van der Waals surface area (Å²) in [5, 5.41) is 0.817. The average molecular weight is 337 g/mol. The Morgan fingerprint density at radius 1 is 1.20 bits per heavy atom. The van der Waals surface area contributed by atoms with Gasteiger partial charge in [0.15, 0.2) is 0 Å². The molecule has 2 bridgehead atoms. The van der Waals surface area contributed by atoms with Crippen LogP contribution in [-0.2, 0) is 0 Å². The number of ether oxygens (including phenoxy) is 1. The van der Waals surface area contributed by atoms with E-state index < -0.39 is 0 Å². The quantitative estimate of drug-likeness (QED) is 0.775. The molecule has 2 aliphatic heterocycles. The first-order valence-electron chi connectivity index (χ1n) is 8.61. The number of imidazole rings is 1. The average Bonchev–Trinajstić information content (AvgIpc) is 3.35. The Labute approximate surface area is 144 Å². The zero-order chi connectivity index (χ0) is 17.1. The lowest BCUT2D eigenvalue weighted by Crippen LogP contribution is -2.35. The van der Waals surface area contributed by atoms with E-state index in [1.54, 1.807) is 17.7 Å². The number of hydrogen-bond donors (Lipinski definition) is 1. The summed E-state index contributed by atoms with van der Waals surface area (Å²) in [7, 11) is 1.60. The third kappa shape index (κ3) is 1.95. The number of methoxy groups -OCH3 is 1. The minimum absolute atomic E-state index is 0.00384. The van der Waals surface area contributed by atoms with Crippen molar-refractivity contribution in [2.24, 2.45) is 0 Å². The lowest BCUT2D eigenvalue weighted by molar-refractivity contribution is 0.0724. The smallest absolute Gasteiger partial charge is 0.274 e. The van der Waals surface area contributed by atoms with Gasteiger partial charge in [0, 0.05) is 23.7 Å². The molecular formula is C18H19N5O2. The maximum Gasteiger partial charge on any atom is 0.274 e. The fourth-order valence-electron chi connectivity index (χ4n) is 4.38. The molecule has 5 rings (SSSR count). The highest BCUT2D eigenvalue weighted by atomic mass is 16.5. The van der Waals surface area contributed by atoms with Gasteiger partial charge in [0.1, 0.15) is 22.6 Å². The van der Waals surface area contributed by atoms with Gasteiger partial charge in [0.2, 0.25) is 5.95 Å². The molecule has 3 aromatic rings. The second-order valence-corrected chi connectivity index (χ2v) is 6.82. The third-order valence-corrected chi connectivity index (χ3v) is 5.55. The second kappa shape index (κ2) is 5.08. The summed E-state index contributed by atoms with van der Waals surface area (Å²) < 4.78 is 7.06. The van der Waals surface area contributed by atoms with Gasteiger partial charge in [-0.25, -0.2) is 9.97 Å². The number of nitrogens with two attached hydrogens (primary N) is 1. The van der Waals surface area contributed by atoms with Gasteiger partial charge in [-0.05, 0) is 37.8 Å². The van der Waals surface area contributed by atoms with Crippen LogP contribution in [0.3, 0.4) is 0 Å². The van der Waals surface area contributed by atoms with E-state index in [-0.39, 0.29) is 5.91 Å². The normalized spacial score (nSPS) is 22.2. The lowest BCUT2D eigenvalue weighted by atomic mass is 10.0. The van der Waals surface area contributed by atoms with E-state index in [9.17, 15) is 4.79 Å². The van der Waals surface area contributed by atoms with Crippen LogP contribution in [0.4, 0.5) is 5.95 Å². The van der Waals surface area contributed by atoms with E-state index >= 15 is 0 Å². The number of nitrogens with zero attached hydrogens (tertiary/aromatic N) is 4. The predicted molar refractivity (Wildman–Crippen MR) is 93.7 cm³/mol. The molecule has 2 aliphatic rings. The van der Waals surface area contributed by atoms with Crippen molar-refractivity contribution in [1.29, 1.82) is 0 Å². The Hall–Kier alpha value is -2.83. The van der Waals surface area contributed by atoms with Crippen molar-refractivity contribution < 1.29 is 9.53 Å². The van der Waals surface area contributed by atoms with E-state index in [2.05, 4.69) is 9.97 Å². The van der Waals surface area contributed by atoms with E-state index in [0.29, 0.717) is 40.6 Å². The van der Waals surface area contributed by atoms with Crippen LogP contribution >= 0.6 is 0 Å². The Morgan fingerprint density at radius 2 is 1.92 bits per heavy atom. The molecule has 2 saturated heterocycles. The fourth-order valence-corrected chi connectivity index (χ4v) is 4.38. The Kier molecular flexibility index (Phi) is 2.95. The molecule has 4 heterocycles. The number of aromatic nitrogens is 3. The van der Waals surface area contributed by atoms with Crippen LogP contribution in [0.25, 0.3) is 16.6 Å². The van der Waals surface area contributed by atoms with Gasteiger partial charge >= 0.3 is 0 Å². The van der Waals surface area contributed by atoms with Crippen molar-refractivity contribution >= 4 is 28.4 Å². The topological polar surface area (TPSA) is 85.8 Å². The van der Waals surface area contributed by atoms with Crippen molar-refractivity contribution in [3.05, 3.63) is 30.1 Å². The summed E-state index contributed by atoms with van der Waals surface area (Å²) in [6.07, 6.45) is 6.12. The van der Waals surface area contributed by atoms with Crippen molar-refractivity contribution in [3.8, 4) is 5.75 Å². The lowest BCUT2D eigenvalue weighted by Gasteiger charge is -2.20. The maximum absolute atomic E-state index is 13.0. The molecule has 0 radical (unpaired) electrons. The summed E-state index contributed by atoms with van der Waals surface area (Å²) >= 11 is 0. The monoisotopic (exact) mass is 337 g/mol. The molecule has 0 aliphatic carbocycles. The number of fused-ring (bicyclic) bond motifs is 5. The third-order valence-electron chi connectivity index (χ3n) is 5.55. The number of amides is 1. The standard InChI is InChI=1S/C18H19N5O2/c1-25-14-4-2-3-12-15(14)21-18(19)22-9-13(20-16(12)22)17(24)23-10-5-6-11(23)8-7-10/h2-4,9-11H,5-8H2,1H3,(H2,19,21)/t10-,11+. The summed E-state index contributed by atoms with van der Waals surface area (Å²) in [4.78, 5) is 24.1. The van der Waals surface area contributed by atoms with Crippen LogP contribution in [0.1, 0.15) is 36.2 Å². The van der Waals surface area contributed by atoms with Crippen LogP contribution in [0.2, 0.25) is 0 Å². The molecule has 0 spiro atoms. The summed E-state index contributed by atoms with van der Waals surface area (Å²) in [5.41, 5.74) is 7.83. The SMILES string of the molecule is COc1cccc2c1nc(N)n1cc(C(=O)N3[C@H]4CC[C@@H]3CC4)nc21. The van der Waals surface area contributed by atoms with E-state index in [1.807, 2.05) is 23.1 Å². The van der Waals surface area contributed by atoms with Gasteiger partial charge in [-0.3, -0.25) is 9.20 Å². The molecular weight excluding hydrogens is 318 g/mol. The highest BCUT2D eigenvalue weighted by Gasteiger charge is 2.43. The second-order valence-electron chi connectivity index (χ2n) is 6.82. The summed E-state index contributed by atoms with van der Waals surface area (Å²) in [5.74, 6) is 0.937. The number of rotatable bonds is 2. The minimum atomic E-state index is 0.00384. The van der Waals surface area contributed by atoms with Crippen LogP contribution < -0.4 is 10.5 Å². The number of carbonyl (C=O) groups excluding carboxylic acids is 1. The fraction of sp³-hybridized carbons (Fsp3) is 0.389. The van der Waals surface area contributed by atoms with Gasteiger partial charge in [-0.2, -0.15) is 0 Å². The number of carbonyl (C=O) groups is 1. The minimum Gasteiger partial charge on any atom is -0.494 e. The van der Waals surface area contributed by atoms with E-state index in [4.69, 9.17) is 10.5 Å². The number of nitrogen functional groups attached to an aromatic ring is 1. The number of para-hydroxylation sites is 1. The van der Waals surface area contributed by atoms with Gasteiger partial charge in [0.05, 0.1) is 7.11 Å². The summed E-state index contributed by atoms with van der Waals surface area (Å²) in [6.45, 7) is 0. The zero-order valence-electron chi connectivity index (χ0n) is 14.0. The van der Waals surface area contributed by atoms with Gasteiger partial charge in [-0.15, -0.1) is 0 Å². The van der Waals surface area contributed by atoms with Gasteiger partial charge < -0.3 is 15.4 Å². The Bertz CT molecular complexity index is 992. The molecule has 1 aromatic carbocycles. The van der Waals surface area contributed by atoms with Crippen LogP contribution in [-0.4, -0.2) is 44.4 Å². The van der Waals surface area contributed by atoms with Crippen LogP contribution in [0, 0.1) is 0 Å². The molecule has 1 amide bonds. The predicted octanol–water partition coefficient (Wildman–Crippen LogP) is 2.24. The van der Waals surface area contributed by atoms with Crippen molar-refractivity contribution in [1.82, 2.24) is 19.3 Å². The highest BCUT2D eigenvalue weighted by molar-refractivity contribution is 5.99. The van der Waals surface area contributed by atoms with Gasteiger partial charge in [-0.1, -0.05) is 6.07 Å². The molecule has 0 atom stereocenters.